The first-order valence-corrected chi connectivity index (χ1v) is 5.77. The second kappa shape index (κ2) is 7.68. The molecule has 0 saturated carbocycles. The molecule has 0 unspecified atom stereocenters. The zero-order chi connectivity index (χ0) is 13.4. The van der Waals surface area contributed by atoms with Gasteiger partial charge in [0.1, 0.15) is 5.75 Å². The van der Waals surface area contributed by atoms with Crippen LogP contribution in [0.1, 0.15) is 23.2 Å². The maximum Gasteiger partial charge on any atom is 0.338 e. The van der Waals surface area contributed by atoms with Gasteiger partial charge in [0.15, 0.2) is 0 Å². The van der Waals surface area contributed by atoms with Gasteiger partial charge in [0.05, 0.1) is 32.0 Å². The molecule has 1 rings (SSSR count). The molecule has 5 heteroatoms. The van der Waals surface area contributed by atoms with Crippen LogP contribution >= 0.6 is 0 Å². The maximum absolute atomic E-state index is 11.6. The topological polar surface area (TPSA) is 76.0 Å². The number of rotatable bonds is 7. The van der Waals surface area contributed by atoms with Gasteiger partial charge in [-0.15, -0.1) is 0 Å². The van der Waals surface area contributed by atoms with Gasteiger partial charge in [-0.25, -0.2) is 4.79 Å². The molecule has 1 aromatic carbocycles. The summed E-state index contributed by atoms with van der Waals surface area (Å²) in [4.78, 5) is 11.6. The van der Waals surface area contributed by atoms with E-state index in [4.69, 9.17) is 19.7 Å². The molecule has 1 aromatic rings. The van der Waals surface area contributed by atoms with Gasteiger partial charge in [-0.3, -0.25) is 0 Å². The molecule has 0 aliphatic rings. The molecule has 1 atom stereocenters. The van der Waals surface area contributed by atoms with Crippen molar-refractivity contribution in [3.8, 4) is 5.75 Å². The molecule has 0 aliphatic carbocycles. The van der Waals surface area contributed by atoms with Crippen LogP contribution in [0.5, 0.6) is 5.75 Å². The Balaban J connectivity index is 2.31. The van der Waals surface area contributed by atoms with E-state index < -0.39 is 12.1 Å². The second-order valence-corrected chi connectivity index (χ2v) is 3.84. The van der Waals surface area contributed by atoms with E-state index in [1.165, 1.54) is 0 Å². The van der Waals surface area contributed by atoms with Crippen molar-refractivity contribution in [2.45, 2.75) is 18.9 Å². The van der Waals surface area contributed by atoms with Crippen LogP contribution in [-0.2, 0) is 4.74 Å². The standard InChI is InChI=1S/C13H18O5/c1-17-12-6-4-10(5-7-12)13(16)18-8-2-3-11(15)9-14/h4-7,11,14-15H,2-3,8-9H2,1H3/t11-/m0/s1. The van der Waals surface area contributed by atoms with Gasteiger partial charge in [0, 0.05) is 0 Å². The highest BCUT2D eigenvalue weighted by molar-refractivity contribution is 5.89. The molecular weight excluding hydrogens is 236 g/mol. The van der Waals surface area contributed by atoms with Gasteiger partial charge in [-0.2, -0.15) is 0 Å². The van der Waals surface area contributed by atoms with E-state index in [1.54, 1.807) is 31.4 Å². The molecule has 2 N–H and O–H groups in total. The van der Waals surface area contributed by atoms with Gasteiger partial charge in [-0.1, -0.05) is 0 Å². The van der Waals surface area contributed by atoms with Crippen molar-refractivity contribution in [1.82, 2.24) is 0 Å². The van der Waals surface area contributed by atoms with E-state index in [2.05, 4.69) is 0 Å². The van der Waals surface area contributed by atoms with Crippen LogP contribution in [0.15, 0.2) is 24.3 Å². The summed E-state index contributed by atoms with van der Waals surface area (Å²) in [7, 11) is 1.56. The highest BCUT2D eigenvalue weighted by Gasteiger charge is 2.07. The summed E-state index contributed by atoms with van der Waals surface area (Å²) in [5.41, 5.74) is 0.457. The van der Waals surface area contributed by atoms with E-state index >= 15 is 0 Å². The molecule has 0 saturated heterocycles. The summed E-state index contributed by atoms with van der Waals surface area (Å²) < 4.78 is 10.0. The van der Waals surface area contributed by atoms with Crippen LogP contribution in [0.25, 0.3) is 0 Å². The first kappa shape index (κ1) is 14.5. The normalized spacial score (nSPS) is 11.9. The Hall–Kier alpha value is -1.59. The molecule has 0 aromatic heterocycles. The molecule has 0 aliphatic heterocycles. The number of hydrogen-bond donors (Lipinski definition) is 2. The number of esters is 1. The quantitative estimate of drug-likeness (QED) is 0.560. The van der Waals surface area contributed by atoms with Crippen LogP contribution in [-0.4, -0.2) is 42.6 Å². The average molecular weight is 254 g/mol. The van der Waals surface area contributed by atoms with E-state index in [0.29, 0.717) is 24.2 Å². The Bertz CT molecular complexity index is 360. The molecule has 0 bridgehead atoms. The molecule has 5 nitrogen and oxygen atoms in total. The fourth-order valence-electron chi connectivity index (χ4n) is 1.39. The lowest BCUT2D eigenvalue weighted by Gasteiger charge is -2.08. The summed E-state index contributed by atoms with van der Waals surface area (Å²) in [5, 5.41) is 17.7. The summed E-state index contributed by atoms with van der Waals surface area (Å²) >= 11 is 0. The molecule has 0 spiro atoms. The lowest BCUT2D eigenvalue weighted by Crippen LogP contribution is -2.13. The van der Waals surface area contributed by atoms with Gasteiger partial charge >= 0.3 is 5.97 Å². The smallest absolute Gasteiger partial charge is 0.338 e. The Morgan fingerprint density at radius 2 is 2.00 bits per heavy atom. The summed E-state index contributed by atoms with van der Waals surface area (Å²) in [5.74, 6) is 0.272. The Kier molecular flexibility index (Phi) is 6.18. The van der Waals surface area contributed by atoms with Gasteiger partial charge in [-0.05, 0) is 37.1 Å². The zero-order valence-electron chi connectivity index (χ0n) is 10.3. The van der Waals surface area contributed by atoms with Crippen molar-refractivity contribution in [2.24, 2.45) is 0 Å². The molecule has 0 heterocycles. The summed E-state index contributed by atoms with van der Waals surface area (Å²) in [6.07, 6.45) is 0.181. The van der Waals surface area contributed by atoms with Crippen LogP contribution in [0, 0.1) is 0 Å². The number of aliphatic hydroxyl groups excluding tert-OH is 2. The fourth-order valence-corrected chi connectivity index (χ4v) is 1.39. The Labute approximate surface area is 106 Å². The minimum atomic E-state index is -0.746. The van der Waals surface area contributed by atoms with Crippen molar-refractivity contribution in [1.29, 1.82) is 0 Å². The number of ether oxygens (including phenoxy) is 2. The van der Waals surface area contributed by atoms with Gasteiger partial charge in [0.2, 0.25) is 0 Å². The first-order chi connectivity index (χ1) is 8.67. The van der Waals surface area contributed by atoms with Crippen LogP contribution in [0.4, 0.5) is 0 Å². The third-order valence-electron chi connectivity index (χ3n) is 2.45. The lowest BCUT2D eigenvalue weighted by atomic mass is 10.2. The Morgan fingerprint density at radius 3 is 2.56 bits per heavy atom. The van der Waals surface area contributed by atoms with Crippen LogP contribution in [0.2, 0.25) is 0 Å². The number of hydrogen-bond acceptors (Lipinski definition) is 5. The molecule has 0 amide bonds. The SMILES string of the molecule is COc1ccc(C(=O)OCCC[C@H](O)CO)cc1. The number of aliphatic hydroxyl groups is 2. The van der Waals surface area contributed by atoms with E-state index in [0.717, 1.165) is 0 Å². The third-order valence-corrected chi connectivity index (χ3v) is 2.45. The highest BCUT2D eigenvalue weighted by atomic mass is 16.5. The summed E-state index contributed by atoms with van der Waals surface area (Å²) in [6.45, 7) is -0.0473. The Morgan fingerprint density at radius 1 is 1.33 bits per heavy atom. The van der Waals surface area contributed by atoms with Crippen molar-refractivity contribution in [3.05, 3.63) is 29.8 Å². The number of methoxy groups -OCH3 is 1. The maximum atomic E-state index is 11.6. The van der Waals surface area contributed by atoms with Crippen molar-refractivity contribution >= 4 is 5.97 Å². The van der Waals surface area contributed by atoms with Crippen molar-refractivity contribution < 1.29 is 24.5 Å². The fraction of sp³-hybridized carbons (Fsp3) is 0.462. The zero-order valence-corrected chi connectivity index (χ0v) is 10.3. The monoisotopic (exact) mass is 254 g/mol. The van der Waals surface area contributed by atoms with E-state index in [-0.39, 0.29) is 13.2 Å². The average Bonchev–Trinajstić information content (AvgIpc) is 2.43. The minimum absolute atomic E-state index is 0.224. The molecule has 18 heavy (non-hydrogen) atoms. The largest absolute Gasteiger partial charge is 0.497 e. The van der Waals surface area contributed by atoms with Crippen molar-refractivity contribution in [2.75, 3.05) is 20.3 Å². The van der Waals surface area contributed by atoms with Crippen LogP contribution < -0.4 is 4.74 Å². The predicted molar refractivity (Wildman–Crippen MR) is 65.6 cm³/mol. The second-order valence-electron chi connectivity index (χ2n) is 3.84. The number of carbonyl (C=O) groups excluding carboxylic acids is 1. The van der Waals surface area contributed by atoms with E-state index in [9.17, 15) is 4.79 Å². The first-order valence-electron chi connectivity index (χ1n) is 5.77. The highest BCUT2D eigenvalue weighted by Crippen LogP contribution is 2.12. The molecule has 100 valence electrons. The van der Waals surface area contributed by atoms with Gasteiger partial charge in [0.25, 0.3) is 0 Å². The number of benzene rings is 1. The number of carbonyl (C=O) groups is 1. The molecular formula is C13H18O5. The van der Waals surface area contributed by atoms with Crippen molar-refractivity contribution in [3.63, 3.8) is 0 Å². The van der Waals surface area contributed by atoms with E-state index in [1.807, 2.05) is 0 Å². The lowest BCUT2D eigenvalue weighted by molar-refractivity contribution is 0.0446. The minimum Gasteiger partial charge on any atom is -0.497 e. The van der Waals surface area contributed by atoms with Crippen LogP contribution in [0.3, 0.4) is 0 Å². The summed E-state index contributed by atoms with van der Waals surface area (Å²) in [6, 6.07) is 6.63. The molecule has 0 fully saturated rings. The predicted octanol–water partition coefficient (Wildman–Crippen LogP) is 0.985. The molecule has 0 radical (unpaired) electrons. The third kappa shape index (κ3) is 4.73. The van der Waals surface area contributed by atoms with Gasteiger partial charge < -0.3 is 19.7 Å².